The van der Waals surface area contributed by atoms with Crippen LogP contribution in [0.1, 0.15) is 12.8 Å². The van der Waals surface area contributed by atoms with Crippen molar-refractivity contribution in [2.45, 2.75) is 12.8 Å². The van der Waals surface area contributed by atoms with Crippen LogP contribution in [0.2, 0.25) is 0 Å². The van der Waals surface area contributed by atoms with Crippen molar-refractivity contribution in [3.8, 4) is 0 Å². The smallest absolute Gasteiger partial charge is 0.254 e. The number of rotatable bonds is 4. The second kappa shape index (κ2) is 5.95. The van der Waals surface area contributed by atoms with Gasteiger partial charge in [-0.25, -0.2) is 0 Å². The lowest BCUT2D eigenvalue weighted by Gasteiger charge is -2.13. The lowest BCUT2D eigenvalue weighted by atomic mass is 10.1. The van der Waals surface area contributed by atoms with E-state index >= 15 is 0 Å². The Morgan fingerprint density at radius 3 is 2.50 bits per heavy atom. The number of imide groups is 1. The summed E-state index contributed by atoms with van der Waals surface area (Å²) in [6.07, 6.45) is 0.257. The van der Waals surface area contributed by atoms with Gasteiger partial charge in [-0.1, -0.05) is 36.4 Å². The summed E-state index contributed by atoms with van der Waals surface area (Å²) in [5.74, 6) is -1.25. The highest BCUT2D eigenvalue weighted by atomic mass is 16.7. The van der Waals surface area contributed by atoms with E-state index < -0.39 is 17.7 Å². The normalized spacial score (nSPS) is 14.6. The standard InChI is InChI=1S/C16H14N2O4/c19-14(10-22-18-15(20)8-9-16(18)21)17-13-7-3-5-11-4-1-2-6-12(11)13/h1-7H,8-10H2,(H,17,19). The van der Waals surface area contributed by atoms with Gasteiger partial charge in [-0.3, -0.25) is 19.2 Å². The van der Waals surface area contributed by atoms with E-state index in [2.05, 4.69) is 5.32 Å². The van der Waals surface area contributed by atoms with Crippen molar-refractivity contribution in [1.29, 1.82) is 0 Å². The summed E-state index contributed by atoms with van der Waals surface area (Å²) in [5, 5.41) is 5.31. The Morgan fingerprint density at radius 2 is 1.73 bits per heavy atom. The zero-order valence-corrected chi connectivity index (χ0v) is 11.7. The van der Waals surface area contributed by atoms with Gasteiger partial charge in [-0.15, -0.1) is 0 Å². The van der Waals surface area contributed by atoms with Crippen molar-refractivity contribution in [3.05, 3.63) is 42.5 Å². The average molecular weight is 298 g/mol. The van der Waals surface area contributed by atoms with E-state index in [0.717, 1.165) is 10.8 Å². The summed E-state index contributed by atoms with van der Waals surface area (Å²) in [5.41, 5.74) is 0.658. The number of hydrogen-bond acceptors (Lipinski definition) is 4. The molecular weight excluding hydrogens is 284 g/mol. The number of carbonyl (C=O) groups excluding carboxylic acids is 3. The molecule has 1 N–H and O–H groups in total. The molecule has 1 saturated heterocycles. The predicted octanol–water partition coefficient (Wildman–Crippen LogP) is 1.86. The minimum absolute atomic E-state index is 0.129. The molecule has 0 aliphatic carbocycles. The SMILES string of the molecule is O=C(CON1C(=O)CCC1=O)Nc1cccc2ccccc12. The van der Waals surface area contributed by atoms with Crippen molar-refractivity contribution < 1.29 is 19.2 Å². The third-order valence-corrected chi connectivity index (χ3v) is 3.39. The number of carbonyl (C=O) groups is 3. The van der Waals surface area contributed by atoms with Crippen molar-refractivity contribution in [2.24, 2.45) is 0 Å². The number of benzene rings is 2. The number of nitrogens with one attached hydrogen (secondary N) is 1. The molecule has 6 nitrogen and oxygen atoms in total. The van der Waals surface area contributed by atoms with Gasteiger partial charge < -0.3 is 5.32 Å². The van der Waals surface area contributed by atoms with Crippen LogP contribution in [-0.4, -0.2) is 29.4 Å². The molecule has 112 valence electrons. The first kappa shape index (κ1) is 14.2. The van der Waals surface area contributed by atoms with Gasteiger partial charge >= 0.3 is 0 Å². The molecule has 0 atom stereocenters. The van der Waals surface area contributed by atoms with Crippen molar-refractivity contribution in [1.82, 2.24) is 5.06 Å². The van der Waals surface area contributed by atoms with Gasteiger partial charge in [-0.05, 0) is 11.5 Å². The molecule has 0 saturated carbocycles. The van der Waals surface area contributed by atoms with Crippen molar-refractivity contribution >= 4 is 34.2 Å². The maximum absolute atomic E-state index is 11.9. The van der Waals surface area contributed by atoms with Gasteiger partial charge in [0.2, 0.25) is 0 Å². The molecule has 1 aliphatic heterocycles. The number of nitrogens with zero attached hydrogens (tertiary/aromatic N) is 1. The van der Waals surface area contributed by atoms with E-state index in [0.29, 0.717) is 10.8 Å². The third-order valence-electron chi connectivity index (χ3n) is 3.39. The number of fused-ring (bicyclic) bond motifs is 1. The first-order valence-corrected chi connectivity index (χ1v) is 6.91. The van der Waals surface area contributed by atoms with Gasteiger partial charge in [0, 0.05) is 23.9 Å². The summed E-state index contributed by atoms with van der Waals surface area (Å²) >= 11 is 0. The Bertz CT molecular complexity index is 735. The van der Waals surface area contributed by atoms with Crippen molar-refractivity contribution in [2.75, 3.05) is 11.9 Å². The van der Waals surface area contributed by atoms with E-state index in [1.807, 2.05) is 36.4 Å². The molecule has 0 aromatic heterocycles. The highest BCUT2D eigenvalue weighted by Gasteiger charge is 2.30. The fourth-order valence-corrected chi connectivity index (χ4v) is 2.34. The predicted molar refractivity (Wildman–Crippen MR) is 79.6 cm³/mol. The minimum Gasteiger partial charge on any atom is -0.323 e. The molecule has 2 aromatic rings. The summed E-state index contributed by atoms with van der Waals surface area (Å²) in [4.78, 5) is 39.7. The number of hydrogen-bond donors (Lipinski definition) is 1. The molecule has 1 fully saturated rings. The number of amides is 3. The van der Waals surface area contributed by atoms with Crippen LogP contribution in [-0.2, 0) is 19.2 Å². The van der Waals surface area contributed by atoms with Gasteiger partial charge in [0.1, 0.15) is 0 Å². The number of anilines is 1. The zero-order valence-electron chi connectivity index (χ0n) is 11.7. The summed E-state index contributed by atoms with van der Waals surface area (Å²) in [6, 6.07) is 13.2. The summed E-state index contributed by atoms with van der Waals surface area (Å²) in [6.45, 7) is -0.388. The second-order valence-corrected chi connectivity index (χ2v) is 4.93. The number of hydroxylamine groups is 2. The minimum atomic E-state index is -0.427. The molecule has 0 unspecified atom stereocenters. The molecular formula is C16H14N2O4. The maximum Gasteiger partial charge on any atom is 0.254 e. The van der Waals surface area contributed by atoms with Crippen LogP contribution in [0.3, 0.4) is 0 Å². The van der Waals surface area contributed by atoms with Crippen LogP contribution in [0, 0.1) is 0 Å². The Labute approximate surface area is 126 Å². The van der Waals surface area contributed by atoms with Crippen LogP contribution in [0.15, 0.2) is 42.5 Å². The average Bonchev–Trinajstić information content (AvgIpc) is 2.84. The lowest BCUT2D eigenvalue weighted by Crippen LogP contribution is -2.33. The molecule has 0 radical (unpaired) electrons. The topological polar surface area (TPSA) is 75.7 Å². The molecule has 1 heterocycles. The summed E-state index contributed by atoms with van der Waals surface area (Å²) in [7, 11) is 0. The van der Waals surface area contributed by atoms with Crippen LogP contribution >= 0.6 is 0 Å². The summed E-state index contributed by atoms with van der Waals surface area (Å²) < 4.78 is 0. The van der Waals surface area contributed by atoms with Gasteiger partial charge in [-0.2, -0.15) is 5.06 Å². The zero-order chi connectivity index (χ0) is 15.5. The van der Waals surface area contributed by atoms with Crippen LogP contribution in [0.4, 0.5) is 5.69 Å². The molecule has 3 rings (SSSR count). The Kier molecular flexibility index (Phi) is 3.84. The van der Waals surface area contributed by atoms with Crippen LogP contribution in [0.25, 0.3) is 10.8 Å². The molecule has 0 bridgehead atoms. The molecule has 6 heteroatoms. The highest BCUT2D eigenvalue weighted by molar-refractivity contribution is 6.03. The van der Waals surface area contributed by atoms with Crippen molar-refractivity contribution in [3.63, 3.8) is 0 Å². The van der Waals surface area contributed by atoms with Gasteiger partial charge in [0.25, 0.3) is 17.7 Å². The molecule has 3 amide bonds. The second-order valence-electron chi connectivity index (χ2n) is 4.93. The van der Waals surface area contributed by atoms with E-state index in [9.17, 15) is 14.4 Å². The van der Waals surface area contributed by atoms with Gasteiger partial charge in [0.05, 0.1) is 0 Å². The van der Waals surface area contributed by atoms with E-state index in [1.54, 1.807) is 6.07 Å². The lowest BCUT2D eigenvalue weighted by molar-refractivity contribution is -0.187. The van der Waals surface area contributed by atoms with E-state index in [-0.39, 0.29) is 19.4 Å². The molecule has 1 aliphatic rings. The first-order valence-electron chi connectivity index (χ1n) is 6.91. The fraction of sp³-hybridized carbons (Fsp3) is 0.188. The monoisotopic (exact) mass is 298 g/mol. The first-order chi connectivity index (χ1) is 10.6. The van der Waals surface area contributed by atoms with Crippen LogP contribution < -0.4 is 5.32 Å². The Hall–Kier alpha value is -2.73. The Morgan fingerprint density at radius 1 is 1.05 bits per heavy atom. The molecule has 22 heavy (non-hydrogen) atoms. The van der Waals surface area contributed by atoms with E-state index in [4.69, 9.17) is 4.84 Å². The Balaban J connectivity index is 1.66. The third kappa shape index (κ3) is 2.82. The largest absolute Gasteiger partial charge is 0.323 e. The quantitative estimate of drug-likeness (QED) is 0.874. The fourth-order valence-electron chi connectivity index (χ4n) is 2.34. The maximum atomic E-state index is 11.9. The highest BCUT2D eigenvalue weighted by Crippen LogP contribution is 2.22. The van der Waals surface area contributed by atoms with E-state index in [1.165, 1.54) is 0 Å². The molecule has 2 aromatic carbocycles. The van der Waals surface area contributed by atoms with Gasteiger partial charge in [0.15, 0.2) is 6.61 Å². The van der Waals surface area contributed by atoms with Crippen LogP contribution in [0.5, 0.6) is 0 Å². The molecule has 0 spiro atoms.